The lowest BCUT2D eigenvalue weighted by Crippen LogP contribution is -2.24. The predicted octanol–water partition coefficient (Wildman–Crippen LogP) is 5.23. The van der Waals surface area contributed by atoms with Crippen molar-refractivity contribution in [3.63, 3.8) is 0 Å². The third-order valence-corrected chi connectivity index (χ3v) is 4.51. The van der Waals surface area contributed by atoms with Crippen LogP contribution in [-0.2, 0) is 6.42 Å². The predicted molar refractivity (Wildman–Crippen MR) is 85.2 cm³/mol. The summed E-state index contributed by atoms with van der Waals surface area (Å²) < 4.78 is 20.3. The van der Waals surface area contributed by atoms with Gasteiger partial charge in [-0.1, -0.05) is 22.9 Å². The molecule has 1 heterocycles. The van der Waals surface area contributed by atoms with E-state index in [9.17, 15) is 4.39 Å². The summed E-state index contributed by atoms with van der Waals surface area (Å²) in [4.78, 5) is 0. The van der Waals surface area contributed by atoms with E-state index in [0.29, 0.717) is 6.42 Å². The van der Waals surface area contributed by atoms with E-state index in [1.807, 2.05) is 6.07 Å². The van der Waals surface area contributed by atoms with Gasteiger partial charge in [0, 0.05) is 16.1 Å². The van der Waals surface area contributed by atoms with E-state index in [2.05, 4.69) is 44.1 Å². The van der Waals surface area contributed by atoms with Crippen molar-refractivity contribution >= 4 is 31.9 Å². The molecule has 0 saturated heterocycles. The molecule has 0 saturated carbocycles. The zero-order valence-electron chi connectivity index (χ0n) is 11.1. The van der Waals surface area contributed by atoms with Crippen molar-refractivity contribution in [2.45, 2.75) is 25.8 Å². The summed E-state index contributed by atoms with van der Waals surface area (Å²) in [5, 5.41) is 3.47. The van der Waals surface area contributed by atoms with Gasteiger partial charge in [-0.3, -0.25) is 0 Å². The van der Waals surface area contributed by atoms with Crippen molar-refractivity contribution in [1.29, 1.82) is 0 Å². The number of rotatable bonds is 6. The van der Waals surface area contributed by atoms with Crippen LogP contribution in [0.15, 0.2) is 44.1 Å². The van der Waals surface area contributed by atoms with Gasteiger partial charge in [0.2, 0.25) is 0 Å². The normalized spacial score (nSPS) is 12.6. The lowest BCUT2D eigenvalue weighted by atomic mass is 10.0. The minimum Gasteiger partial charge on any atom is -0.457 e. The second-order valence-electron chi connectivity index (χ2n) is 4.60. The van der Waals surface area contributed by atoms with Crippen LogP contribution in [0.1, 0.15) is 30.5 Å². The fourth-order valence-corrected chi connectivity index (χ4v) is 3.01. The highest BCUT2D eigenvalue weighted by atomic mass is 79.9. The lowest BCUT2D eigenvalue weighted by Gasteiger charge is -2.18. The van der Waals surface area contributed by atoms with Crippen LogP contribution in [0.5, 0.6) is 0 Å². The number of furan rings is 1. The Hall–Kier alpha value is -0.650. The van der Waals surface area contributed by atoms with Gasteiger partial charge in [0.15, 0.2) is 4.67 Å². The van der Waals surface area contributed by atoms with Crippen molar-refractivity contribution in [3.05, 3.63) is 56.6 Å². The molecule has 0 aliphatic carbocycles. The first-order valence-corrected chi connectivity index (χ1v) is 8.10. The van der Waals surface area contributed by atoms with Gasteiger partial charge in [0.25, 0.3) is 0 Å². The van der Waals surface area contributed by atoms with Crippen LogP contribution in [0, 0.1) is 5.82 Å². The zero-order chi connectivity index (χ0) is 14.5. The average molecular weight is 405 g/mol. The zero-order valence-corrected chi connectivity index (χ0v) is 14.3. The van der Waals surface area contributed by atoms with E-state index in [4.69, 9.17) is 4.42 Å². The fraction of sp³-hybridized carbons (Fsp3) is 0.333. The first kappa shape index (κ1) is 15.7. The molecule has 1 unspecified atom stereocenters. The molecule has 2 aromatic rings. The van der Waals surface area contributed by atoms with Crippen molar-refractivity contribution < 1.29 is 8.81 Å². The fourth-order valence-electron chi connectivity index (χ4n) is 2.08. The third kappa shape index (κ3) is 3.93. The van der Waals surface area contributed by atoms with Gasteiger partial charge in [-0.25, -0.2) is 4.39 Å². The van der Waals surface area contributed by atoms with Crippen LogP contribution in [0.25, 0.3) is 0 Å². The first-order chi connectivity index (χ1) is 9.61. The summed E-state index contributed by atoms with van der Waals surface area (Å²) in [6, 6.07) is 6.78. The first-order valence-electron chi connectivity index (χ1n) is 6.52. The Labute approximate surface area is 135 Å². The molecule has 1 N–H and O–H groups in total. The van der Waals surface area contributed by atoms with Crippen molar-refractivity contribution in [1.82, 2.24) is 5.32 Å². The highest BCUT2D eigenvalue weighted by Gasteiger charge is 2.18. The lowest BCUT2D eigenvalue weighted by molar-refractivity contribution is 0.496. The molecule has 5 heteroatoms. The standard InChI is InChI=1S/C15H16Br2FNO/c1-2-6-19-14(12-5-7-20-15(12)17)9-10-8-11(18)3-4-13(10)16/h3-5,7-8,14,19H,2,6,9H2,1H3. The van der Waals surface area contributed by atoms with E-state index >= 15 is 0 Å². The highest BCUT2D eigenvalue weighted by Crippen LogP contribution is 2.29. The van der Waals surface area contributed by atoms with Crippen LogP contribution >= 0.6 is 31.9 Å². The van der Waals surface area contributed by atoms with Crippen molar-refractivity contribution in [2.24, 2.45) is 0 Å². The molecule has 2 rings (SSSR count). The Morgan fingerprint density at radius 2 is 2.10 bits per heavy atom. The minimum absolute atomic E-state index is 0.0844. The van der Waals surface area contributed by atoms with E-state index in [1.54, 1.807) is 18.4 Å². The molecule has 108 valence electrons. The van der Waals surface area contributed by atoms with E-state index in [0.717, 1.165) is 33.2 Å². The summed E-state index contributed by atoms with van der Waals surface area (Å²) in [5.41, 5.74) is 1.99. The van der Waals surface area contributed by atoms with E-state index in [1.165, 1.54) is 6.07 Å². The van der Waals surface area contributed by atoms with Gasteiger partial charge in [-0.05, 0) is 65.1 Å². The smallest absolute Gasteiger partial charge is 0.173 e. The third-order valence-electron chi connectivity index (χ3n) is 3.09. The number of hydrogen-bond donors (Lipinski definition) is 1. The molecule has 20 heavy (non-hydrogen) atoms. The summed E-state index contributed by atoms with van der Waals surface area (Å²) in [6.07, 6.45) is 3.38. The maximum absolute atomic E-state index is 13.4. The van der Waals surface area contributed by atoms with Gasteiger partial charge in [0.05, 0.1) is 6.26 Å². The molecule has 1 atom stereocenters. The van der Waals surface area contributed by atoms with Gasteiger partial charge < -0.3 is 9.73 Å². The highest BCUT2D eigenvalue weighted by molar-refractivity contribution is 9.10. The van der Waals surface area contributed by atoms with Crippen LogP contribution in [0.3, 0.4) is 0 Å². The molecule has 0 radical (unpaired) electrons. The van der Waals surface area contributed by atoms with Crippen molar-refractivity contribution in [3.8, 4) is 0 Å². The summed E-state index contributed by atoms with van der Waals surface area (Å²) in [6.45, 7) is 3.02. The molecule has 2 nitrogen and oxygen atoms in total. The number of nitrogens with one attached hydrogen (secondary N) is 1. The average Bonchev–Trinajstić information content (AvgIpc) is 2.84. The maximum Gasteiger partial charge on any atom is 0.173 e. The Morgan fingerprint density at radius 3 is 2.75 bits per heavy atom. The molecule has 0 bridgehead atoms. The van der Waals surface area contributed by atoms with Crippen LogP contribution in [0.2, 0.25) is 0 Å². The minimum atomic E-state index is -0.219. The number of halogens is 3. The molecule has 0 aliphatic heterocycles. The SMILES string of the molecule is CCCNC(Cc1cc(F)ccc1Br)c1ccoc1Br. The quantitative estimate of drug-likeness (QED) is 0.713. The Kier molecular flexibility index (Phi) is 5.81. The Bertz CT molecular complexity index is 571. The number of hydrogen-bond acceptors (Lipinski definition) is 2. The molecule has 1 aromatic heterocycles. The maximum atomic E-state index is 13.4. The molecule has 1 aromatic carbocycles. The largest absolute Gasteiger partial charge is 0.457 e. The van der Waals surface area contributed by atoms with E-state index < -0.39 is 0 Å². The molecule has 0 fully saturated rings. The van der Waals surface area contributed by atoms with Gasteiger partial charge in [0.1, 0.15) is 5.82 Å². The van der Waals surface area contributed by atoms with Gasteiger partial charge >= 0.3 is 0 Å². The van der Waals surface area contributed by atoms with Crippen LogP contribution in [-0.4, -0.2) is 6.54 Å². The monoisotopic (exact) mass is 403 g/mol. The van der Waals surface area contributed by atoms with Crippen LogP contribution < -0.4 is 5.32 Å². The Balaban J connectivity index is 2.23. The summed E-state index contributed by atoms with van der Waals surface area (Å²) in [5.74, 6) is -0.219. The van der Waals surface area contributed by atoms with E-state index in [-0.39, 0.29) is 11.9 Å². The second kappa shape index (κ2) is 7.38. The molecule has 0 amide bonds. The second-order valence-corrected chi connectivity index (χ2v) is 6.17. The molecular formula is C15H16Br2FNO. The summed E-state index contributed by atoms with van der Waals surface area (Å²) >= 11 is 6.89. The number of benzene rings is 1. The van der Waals surface area contributed by atoms with Gasteiger partial charge in [-0.2, -0.15) is 0 Å². The molecule has 0 spiro atoms. The molecule has 0 aliphatic rings. The molecular weight excluding hydrogens is 389 g/mol. The topological polar surface area (TPSA) is 25.2 Å². The Morgan fingerprint density at radius 1 is 1.30 bits per heavy atom. The summed E-state index contributed by atoms with van der Waals surface area (Å²) in [7, 11) is 0. The van der Waals surface area contributed by atoms with Crippen molar-refractivity contribution in [2.75, 3.05) is 6.54 Å². The van der Waals surface area contributed by atoms with Gasteiger partial charge in [-0.15, -0.1) is 0 Å². The van der Waals surface area contributed by atoms with Crippen LogP contribution in [0.4, 0.5) is 4.39 Å².